The molecule has 21 heavy (non-hydrogen) atoms. The van der Waals surface area contributed by atoms with Gasteiger partial charge in [-0.05, 0) is 12.0 Å². The van der Waals surface area contributed by atoms with Gasteiger partial charge in [0.2, 0.25) is 11.7 Å². The number of methoxy groups -OCH3 is 1. The van der Waals surface area contributed by atoms with Crippen LogP contribution in [-0.2, 0) is 0 Å². The van der Waals surface area contributed by atoms with E-state index in [0.29, 0.717) is 5.88 Å². The number of benzene rings is 1. The minimum absolute atomic E-state index is 0.0514. The molecule has 2 rings (SSSR count). The van der Waals surface area contributed by atoms with Crippen molar-refractivity contribution in [2.75, 3.05) is 12.4 Å². The predicted octanol–water partition coefficient (Wildman–Crippen LogP) is 3.56. The minimum atomic E-state index is -0.452. The second-order valence-electron chi connectivity index (χ2n) is 4.49. The Bertz CT molecular complexity index is 617. The van der Waals surface area contributed by atoms with E-state index in [1.54, 1.807) is 0 Å². The molecule has 0 aliphatic carbocycles. The van der Waals surface area contributed by atoms with Crippen LogP contribution < -0.4 is 10.1 Å². The van der Waals surface area contributed by atoms with Crippen molar-refractivity contribution >= 4 is 11.5 Å². The molecular formula is C15H17N3O3. The zero-order valence-electron chi connectivity index (χ0n) is 11.9. The standard InChI is InChI=1S/C15H17N3O3/c1-3-12(11-7-5-4-6-8-11)16-15-13(18(19)20)9-10-14(17-15)21-2/h4-10,12H,3H2,1-2H3,(H,16,17). The van der Waals surface area contributed by atoms with Crippen molar-refractivity contribution in [1.82, 2.24) is 4.98 Å². The van der Waals surface area contributed by atoms with E-state index in [0.717, 1.165) is 12.0 Å². The van der Waals surface area contributed by atoms with Crippen molar-refractivity contribution in [2.24, 2.45) is 0 Å². The van der Waals surface area contributed by atoms with E-state index in [1.807, 2.05) is 37.3 Å². The Morgan fingerprint density at radius 3 is 2.57 bits per heavy atom. The summed E-state index contributed by atoms with van der Waals surface area (Å²) < 4.78 is 5.04. The van der Waals surface area contributed by atoms with Gasteiger partial charge >= 0.3 is 5.69 Å². The summed E-state index contributed by atoms with van der Waals surface area (Å²) in [5.74, 6) is 0.557. The Balaban J connectivity index is 2.34. The van der Waals surface area contributed by atoms with Crippen molar-refractivity contribution in [3.63, 3.8) is 0 Å². The van der Waals surface area contributed by atoms with E-state index in [4.69, 9.17) is 4.74 Å². The summed E-state index contributed by atoms with van der Waals surface area (Å²) in [5, 5.41) is 14.2. The third-order valence-corrected chi connectivity index (χ3v) is 3.18. The smallest absolute Gasteiger partial charge is 0.311 e. The zero-order chi connectivity index (χ0) is 15.2. The Kier molecular flexibility index (Phi) is 4.71. The fourth-order valence-corrected chi connectivity index (χ4v) is 2.07. The molecular weight excluding hydrogens is 270 g/mol. The highest BCUT2D eigenvalue weighted by Crippen LogP contribution is 2.29. The fraction of sp³-hybridized carbons (Fsp3) is 0.267. The topological polar surface area (TPSA) is 77.3 Å². The number of nitrogens with zero attached hydrogens (tertiary/aromatic N) is 2. The molecule has 6 heteroatoms. The molecule has 110 valence electrons. The molecule has 0 saturated heterocycles. The van der Waals surface area contributed by atoms with Crippen LogP contribution in [-0.4, -0.2) is 17.0 Å². The first-order valence-electron chi connectivity index (χ1n) is 6.66. The first kappa shape index (κ1) is 14.8. The van der Waals surface area contributed by atoms with Crippen LogP contribution in [0.2, 0.25) is 0 Å². The largest absolute Gasteiger partial charge is 0.481 e. The van der Waals surface area contributed by atoms with E-state index >= 15 is 0 Å². The van der Waals surface area contributed by atoms with Crippen molar-refractivity contribution in [3.8, 4) is 5.88 Å². The maximum absolute atomic E-state index is 11.1. The van der Waals surface area contributed by atoms with E-state index in [1.165, 1.54) is 19.2 Å². The molecule has 1 atom stereocenters. The maximum Gasteiger partial charge on any atom is 0.311 e. The Morgan fingerprint density at radius 1 is 1.29 bits per heavy atom. The van der Waals surface area contributed by atoms with Crippen LogP contribution in [0.15, 0.2) is 42.5 Å². The average Bonchev–Trinajstić information content (AvgIpc) is 2.53. The zero-order valence-corrected chi connectivity index (χ0v) is 11.9. The summed E-state index contributed by atoms with van der Waals surface area (Å²) >= 11 is 0. The summed E-state index contributed by atoms with van der Waals surface area (Å²) in [6.07, 6.45) is 0.778. The number of rotatable bonds is 6. The Morgan fingerprint density at radius 2 is 2.00 bits per heavy atom. The molecule has 6 nitrogen and oxygen atoms in total. The molecule has 0 radical (unpaired) electrons. The van der Waals surface area contributed by atoms with Gasteiger partial charge < -0.3 is 10.1 Å². The van der Waals surface area contributed by atoms with Crippen LogP contribution in [0.5, 0.6) is 5.88 Å². The molecule has 0 aliphatic heterocycles. The summed E-state index contributed by atoms with van der Waals surface area (Å²) in [6, 6.07) is 12.6. The first-order valence-corrected chi connectivity index (χ1v) is 6.66. The fourth-order valence-electron chi connectivity index (χ4n) is 2.07. The van der Waals surface area contributed by atoms with E-state index in [9.17, 15) is 10.1 Å². The highest BCUT2D eigenvalue weighted by Gasteiger charge is 2.19. The SMILES string of the molecule is CCC(Nc1nc(OC)ccc1[N+](=O)[O-])c1ccccc1. The molecule has 0 saturated carbocycles. The number of hydrogen-bond acceptors (Lipinski definition) is 5. The third kappa shape index (κ3) is 3.47. The predicted molar refractivity (Wildman–Crippen MR) is 80.5 cm³/mol. The van der Waals surface area contributed by atoms with Crippen LogP contribution in [0.25, 0.3) is 0 Å². The lowest BCUT2D eigenvalue weighted by Gasteiger charge is -2.18. The van der Waals surface area contributed by atoms with Crippen molar-refractivity contribution in [2.45, 2.75) is 19.4 Å². The lowest BCUT2D eigenvalue weighted by Crippen LogP contribution is -2.12. The van der Waals surface area contributed by atoms with Gasteiger partial charge in [-0.3, -0.25) is 10.1 Å². The quantitative estimate of drug-likeness (QED) is 0.649. The van der Waals surface area contributed by atoms with Crippen LogP contribution >= 0.6 is 0 Å². The van der Waals surface area contributed by atoms with Crippen molar-refractivity contribution in [1.29, 1.82) is 0 Å². The van der Waals surface area contributed by atoms with Crippen LogP contribution in [0.1, 0.15) is 24.9 Å². The van der Waals surface area contributed by atoms with Gasteiger partial charge in [-0.25, -0.2) is 0 Å². The highest BCUT2D eigenvalue weighted by atomic mass is 16.6. The van der Waals surface area contributed by atoms with Gasteiger partial charge in [0.05, 0.1) is 18.1 Å². The van der Waals surface area contributed by atoms with Gasteiger partial charge in [0, 0.05) is 12.1 Å². The molecule has 1 N–H and O–H groups in total. The highest BCUT2D eigenvalue weighted by molar-refractivity contribution is 5.58. The molecule has 0 amide bonds. The van der Waals surface area contributed by atoms with Gasteiger partial charge in [0.25, 0.3) is 0 Å². The third-order valence-electron chi connectivity index (χ3n) is 3.18. The van der Waals surface area contributed by atoms with E-state index in [-0.39, 0.29) is 17.5 Å². The monoisotopic (exact) mass is 287 g/mol. The summed E-state index contributed by atoms with van der Waals surface area (Å²) in [6.45, 7) is 2.01. The van der Waals surface area contributed by atoms with Gasteiger partial charge in [-0.2, -0.15) is 4.98 Å². The molecule has 0 spiro atoms. The van der Waals surface area contributed by atoms with Crippen LogP contribution in [0.4, 0.5) is 11.5 Å². The molecule has 1 aromatic heterocycles. The summed E-state index contributed by atoms with van der Waals surface area (Å²) in [5.41, 5.74) is 0.990. The van der Waals surface area contributed by atoms with Crippen LogP contribution in [0.3, 0.4) is 0 Å². The molecule has 2 aromatic rings. The summed E-state index contributed by atoms with van der Waals surface area (Å²) in [4.78, 5) is 14.8. The van der Waals surface area contributed by atoms with Crippen LogP contribution in [0, 0.1) is 10.1 Å². The number of ether oxygens (including phenoxy) is 1. The van der Waals surface area contributed by atoms with Gasteiger partial charge in [-0.15, -0.1) is 0 Å². The minimum Gasteiger partial charge on any atom is -0.481 e. The van der Waals surface area contributed by atoms with Gasteiger partial charge in [0.1, 0.15) is 0 Å². The molecule has 1 unspecified atom stereocenters. The van der Waals surface area contributed by atoms with E-state index in [2.05, 4.69) is 10.3 Å². The number of aromatic nitrogens is 1. The maximum atomic E-state index is 11.1. The molecule has 0 fully saturated rings. The average molecular weight is 287 g/mol. The van der Waals surface area contributed by atoms with Crippen molar-refractivity contribution in [3.05, 3.63) is 58.1 Å². The number of nitrogens with one attached hydrogen (secondary N) is 1. The lowest BCUT2D eigenvalue weighted by molar-refractivity contribution is -0.384. The molecule has 0 bridgehead atoms. The number of nitro groups is 1. The number of pyridine rings is 1. The second kappa shape index (κ2) is 6.69. The summed E-state index contributed by atoms with van der Waals surface area (Å²) in [7, 11) is 1.48. The normalized spacial score (nSPS) is 11.7. The molecule has 1 aromatic carbocycles. The Hall–Kier alpha value is -2.63. The number of hydrogen-bond donors (Lipinski definition) is 1. The lowest BCUT2D eigenvalue weighted by atomic mass is 10.0. The van der Waals surface area contributed by atoms with Gasteiger partial charge in [-0.1, -0.05) is 37.3 Å². The Labute approximate surface area is 122 Å². The first-order chi connectivity index (χ1) is 10.2. The second-order valence-corrected chi connectivity index (χ2v) is 4.49. The van der Waals surface area contributed by atoms with Gasteiger partial charge in [0.15, 0.2) is 0 Å². The molecule has 0 aliphatic rings. The van der Waals surface area contributed by atoms with Crippen molar-refractivity contribution < 1.29 is 9.66 Å². The number of anilines is 1. The molecule has 1 heterocycles. The van der Waals surface area contributed by atoms with E-state index < -0.39 is 4.92 Å².